The van der Waals surface area contributed by atoms with Crippen molar-refractivity contribution in [1.29, 1.82) is 0 Å². The van der Waals surface area contributed by atoms with Crippen LogP contribution in [0, 0.1) is 0 Å². The molecule has 1 aromatic carbocycles. The number of hydrogen-bond donors (Lipinski definition) is 1. The number of urea groups is 1. The number of carbonyl (C=O) groups excluding carboxylic acids is 1. The number of methoxy groups -OCH3 is 2. The molecule has 1 N–H and O–H groups in total. The highest BCUT2D eigenvalue weighted by molar-refractivity contribution is 5.74. The van der Waals surface area contributed by atoms with Gasteiger partial charge >= 0.3 is 6.03 Å². The van der Waals surface area contributed by atoms with Crippen LogP contribution in [0.2, 0.25) is 0 Å². The van der Waals surface area contributed by atoms with E-state index in [-0.39, 0.29) is 18.1 Å². The number of nitrogens with zero attached hydrogens (tertiary/aromatic N) is 2. The van der Waals surface area contributed by atoms with E-state index >= 15 is 0 Å². The second kappa shape index (κ2) is 11.1. The lowest BCUT2D eigenvalue weighted by Gasteiger charge is -2.38. The highest BCUT2D eigenvalue weighted by Gasteiger charge is 2.27. The van der Waals surface area contributed by atoms with E-state index in [1.165, 1.54) is 5.56 Å². The number of likely N-dealkylation sites (tertiary alicyclic amines) is 1. The Hall–Kier alpha value is -1.79. The van der Waals surface area contributed by atoms with Gasteiger partial charge in [-0.1, -0.05) is 12.1 Å². The minimum Gasteiger partial charge on any atom is -0.497 e. The van der Waals surface area contributed by atoms with Crippen LogP contribution in [0.5, 0.6) is 5.75 Å². The van der Waals surface area contributed by atoms with E-state index < -0.39 is 0 Å². The number of nitrogens with one attached hydrogen (secondary N) is 1. The summed E-state index contributed by atoms with van der Waals surface area (Å²) in [6, 6.07) is 8.76. The van der Waals surface area contributed by atoms with Crippen molar-refractivity contribution >= 4 is 6.03 Å². The molecule has 1 aliphatic rings. The molecule has 1 aliphatic heterocycles. The maximum Gasteiger partial charge on any atom is 0.317 e. The fraction of sp³-hybridized carbons (Fsp3) is 0.667. The summed E-state index contributed by atoms with van der Waals surface area (Å²) in [4.78, 5) is 17.0. The number of carbonyl (C=O) groups is 1. The van der Waals surface area contributed by atoms with E-state index in [0.717, 1.165) is 44.6 Å². The van der Waals surface area contributed by atoms with Gasteiger partial charge in [-0.3, -0.25) is 0 Å². The lowest BCUT2D eigenvalue weighted by molar-refractivity contribution is 0.0946. The molecule has 1 heterocycles. The predicted octanol–water partition coefficient (Wildman–Crippen LogP) is 2.77. The lowest BCUT2D eigenvalue weighted by atomic mass is 10.0. The highest BCUT2D eigenvalue weighted by atomic mass is 16.5. The molecule has 0 radical (unpaired) electrons. The Balaban J connectivity index is 1.81. The van der Waals surface area contributed by atoms with Crippen LogP contribution in [-0.4, -0.2) is 74.9 Å². The quantitative estimate of drug-likeness (QED) is 0.719. The summed E-state index contributed by atoms with van der Waals surface area (Å²) in [6.07, 6.45) is 3.06. The molecule has 6 nitrogen and oxygen atoms in total. The molecule has 1 aromatic rings. The van der Waals surface area contributed by atoms with Crippen molar-refractivity contribution in [3.63, 3.8) is 0 Å². The van der Waals surface area contributed by atoms with Crippen LogP contribution < -0.4 is 10.1 Å². The van der Waals surface area contributed by atoms with Gasteiger partial charge in [0.1, 0.15) is 5.75 Å². The van der Waals surface area contributed by atoms with Crippen LogP contribution in [-0.2, 0) is 11.2 Å². The van der Waals surface area contributed by atoms with Gasteiger partial charge in [0.05, 0.1) is 13.7 Å². The third-order valence-corrected chi connectivity index (χ3v) is 5.08. The summed E-state index contributed by atoms with van der Waals surface area (Å²) in [6.45, 7) is 8.31. The standard InChI is InChI=1S/C21H35N3O3/c1-17(2)22-21(25)24(15-16-26-3)19-10-13-23(14-11-19)12-9-18-5-7-20(27-4)8-6-18/h5-8,17,19H,9-16H2,1-4H3,(H,22,25). The first-order chi connectivity index (χ1) is 13.0. The Labute approximate surface area is 163 Å². The summed E-state index contributed by atoms with van der Waals surface area (Å²) < 4.78 is 10.4. The van der Waals surface area contributed by atoms with Gasteiger partial charge in [-0.25, -0.2) is 4.79 Å². The molecular weight excluding hydrogens is 342 g/mol. The van der Waals surface area contributed by atoms with Gasteiger partial charge in [0.15, 0.2) is 0 Å². The van der Waals surface area contributed by atoms with Crippen molar-refractivity contribution in [2.45, 2.75) is 45.2 Å². The van der Waals surface area contributed by atoms with Gasteiger partial charge < -0.3 is 24.6 Å². The van der Waals surface area contributed by atoms with Gasteiger partial charge in [0, 0.05) is 45.4 Å². The van der Waals surface area contributed by atoms with E-state index in [0.29, 0.717) is 13.2 Å². The summed E-state index contributed by atoms with van der Waals surface area (Å²) in [5, 5.41) is 3.02. The van der Waals surface area contributed by atoms with Crippen molar-refractivity contribution in [1.82, 2.24) is 15.1 Å². The van der Waals surface area contributed by atoms with Gasteiger partial charge in [-0.05, 0) is 50.8 Å². The first-order valence-electron chi connectivity index (χ1n) is 9.94. The van der Waals surface area contributed by atoms with Gasteiger partial charge in [-0.2, -0.15) is 0 Å². The normalized spacial score (nSPS) is 15.7. The number of hydrogen-bond acceptors (Lipinski definition) is 4. The third-order valence-electron chi connectivity index (χ3n) is 5.08. The lowest BCUT2D eigenvalue weighted by Crippen LogP contribution is -2.53. The zero-order valence-corrected chi connectivity index (χ0v) is 17.2. The molecule has 0 saturated carbocycles. The minimum atomic E-state index is 0.0266. The van der Waals surface area contributed by atoms with Crippen molar-refractivity contribution in [2.24, 2.45) is 0 Å². The maximum atomic E-state index is 12.5. The number of benzene rings is 1. The first kappa shape index (κ1) is 21.5. The third kappa shape index (κ3) is 7.03. The van der Waals surface area contributed by atoms with E-state index in [2.05, 4.69) is 22.3 Å². The van der Waals surface area contributed by atoms with E-state index in [9.17, 15) is 4.79 Å². The van der Waals surface area contributed by atoms with Crippen LogP contribution in [0.1, 0.15) is 32.3 Å². The zero-order valence-electron chi connectivity index (χ0n) is 17.2. The predicted molar refractivity (Wildman–Crippen MR) is 108 cm³/mol. The van der Waals surface area contributed by atoms with Crippen LogP contribution in [0.15, 0.2) is 24.3 Å². The molecular formula is C21H35N3O3. The average molecular weight is 378 g/mol. The van der Waals surface area contributed by atoms with E-state index in [1.54, 1.807) is 14.2 Å². The molecule has 0 aromatic heterocycles. The van der Waals surface area contributed by atoms with Crippen molar-refractivity contribution in [2.75, 3.05) is 47.0 Å². The Morgan fingerprint density at radius 2 is 1.89 bits per heavy atom. The molecule has 2 amide bonds. The molecule has 6 heteroatoms. The second-order valence-electron chi connectivity index (χ2n) is 7.46. The van der Waals surface area contributed by atoms with Crippen molar-refractivity contribution in [3.8, 4) is 5.75 Å². The molecule has 152 valence electrons. The molecule has 0 spiro atoms. The average Bonchev–Trinajstić information content (AvgIpc) is 2.67. The SMILES string of the molecule is COCCN(C(=O)NC(C)C)C1CCN(CCc2ccc(OC)cc2)CC1. The number of rotatable bonds is 9. The number of amides is 2. The fourth-order valence-electron chi connectivity index (χ4n) is 3.50. The number of ether oxygens (including phenoxy) is 2. The van der Waals surface area contributed by atoms with Gasteiger partial charge in [0.2, 0.25) is 0 Å². The van der Waals surface area contributed by atoms with E-state index in [4.69, 9.17) is 9.47 Å². The largest absolute Gasteiger partial charge is 0.497 e. The van der Waals surface area contributed by atoms with Crippen LogP contribution >= 0.6 is 0 Å². The molecule has 2 rings (SSSR count). The Morgan fingerprint density at radius 3 is 2.44 bits per heavy atom. The van der Waals surface area contributed by atoms with Crippen LogP contribution in [0.4, 0.5) is 4.79 Å². The summed E-state index contributed by atoms with van der Waals surface area (Å²) in [5.41, 5.74) is 1.33. The summed E-state index contributed by atoms with van der Waals surface area (Å²) >= 11 is 0. The highest BCUT2D eigenvalue weighted by Crippen LogP contribution is 2.18. The Morgan fingerprint density at radius 1 is 1.22 bits per heavy atom. The van der Waals surface area contributed by atoms with Gasteiger partial charge in [-0.15, -0.1) is 0 Å². The fourth-order valence-corrected chi connectivity index (χ4v) is 3.50. The molecule has 1 fully saturated rings. The molecule has 0 bridgehead atoms. The zero-order chi connectivity index (χ0) is 19.6. The van der Waals surface area contributed by atoms with Crippen LogP contribution in [0.25, 0.3) is 0 Å². The van der Waals surface area contributed by atoms with Crippen molar-refractivity contribution < 1.29 is 14.3 Å². The summed E-state index contributed by atoms with van der Waals surface area (Å²) in [5.74, 6) is 0.899. The Bertz CT molecular complexity index is 554. The van der Waals surface area contributed by atoms with Crippen molar-refractivity contribution in [3.05, 3.63) is 29.8 Å². The Kier molecular flexibility index (Phi) is 8.88. The smallest absolute Gasteiger partial charge is 0.317 e. The maximum absolute atomic E-state index is 12.5. The minimum absolute atomic E-state index is 0.0266. The molecule has 0 atom stereocenters. The van der Waals surface area contributed by atoms with E-state index in [1.807, 2.05) is 30.9 Å². The molecule has 0 aliphatic carbocycles. The molecule has 27 heavy (non-hydrogen) atoms. The molecule has 1 saturated heterocycles. The van der Waals surface area contributed by atoms with Gasteiger partial charge in [0.25, 0.3) is 0 Å². The van der Waals surface area contributed by atoms with Crippen LogP contribution in [0.3, 0.4) is 0 Å². The summed E-state index contributed by atoms with van der Waals surface area (Å²) in [7, 11) is 3.37. The second-order valence-corrected chi connectivity index (χ2v) is 7.46. The first-order valence-corrected chi connectivity index (χ1v) is 9.94. The topological polar surface area (TPSA) is 54.0 Å². The molecule has 0 unspecified atom stereocenters. The number of piperidine rings is 1. The monoisotopic (exact) mass is 377 g/mol.